The lowest BCUT2D eigenvalue weighted by molar-refractivity contribution is 0.00775. The molecule has 5 heteroatoms. The highest BCUT2D eigenvalue weighted by Gasteiger charge is 1.91. The predicted octanol–water partition coefficient (Wildman–Crippen LogP) is 1.68. The van der Waals surface area contributed by atoms with E-state index in [1.165, 1.54) is 0 Å². The molecule has 118 valence electrons. The fourth-order valence-corrected chi connectivity index (χ4v) is 1.49. The summed E-state index contributed by atoms with van der Waals surface area (Å²) in [4.78, 5) is 0. The van der Waals surface area contributed by atoms with Gasteiger partial charge in [0.15, 0.2) is 0 Å². The van der Waals surface area contributed by atoms with Gasteiger partial charge in [0, 0.05) is 6.54 Å². The van der Waals surface area contributed by atoms with Crippen LogP contribution in [0.15, 0.2) is 36.6 Å². The van der Waals surface area contributed by atoms with Crippen LogP contribution in [0.4, 0.5) is 0 Å². The Kier molecular flexibility index (Phi) is 11.4. The van der Waals surface area contributed by atoms with Gasteiger partial charge in [0.05, 0.1) is 45.9 Å². The lowest BCUT2D eigenvalue weighted by atomic mass is 10.2. The van der Waals surface area contributed by atoms with Crippen LogP contribution in [-0.4, -0.2) is 52.8 Å². The molecule has 0 amide bonds. The van der Waals surface area contributed by atoms with Gasteiger partial charge in [-0.05, 0) is 11.6 Å². The summed E-state index contributed by atoms with van der Waals surface area (Å²) in [6.07, 6.45) is 3.61. The number of benzene rings is 1. The van der Waals surface area contributed by atoms with Gasteiger partial charge >= 0.3 is 0 Å². The van der Waals surface area contributed by atoms with Gasteiger partial charge in [-0.3, -0.25) is 0 Å². The first-order valence-corrected chi connectivity index (χ1v) is 7.20. The molecule has 0 atom stereocenters. The summed E-state index contributed by atoms with van der Waals surface area (Å²) in [5.74, 6) is 0. The molecule has 0 spiro atoms. The average Bonchev–Trinajstić information content (AvgIpc) is 2.53. The zero-order valence-electron chi connectivity index (χ0n) is 12.4. The van der Waals surface area contributed by atoms with Crippen molar-refractivity contribution < 1.29 is 18.9 Å². The summed E-state index contributed by atoms with van der Waals surface area (Å²) in [5, 5.41) is 0. The average molecular weight is 295 g/mol. The summed E-state index contributed by atoms with van der Waals surface area (Å²) in [7, 11) is 0. The van der Waals surface area contributed by atoms with E-state index in [1.54, 1.807) is 6.26 Å². The van der Waals surface area contributed by atoms with Crippen molar-refractivity contribution in [1.29, 1.82) is 0 Å². The van der Waals surface area contributed by atoms with E-state index < -0.39 is 0 Å². The molecule has 0 heterocycles. The molecule has 0 unspecified atom stereocenters. The Morgan fingerprint density at radius 3 is 1.95 bits per heavy atom. The van der Waals surface area contributed by atoms with Crippen LogP contribution in [0.5, 0.6) is 0 Å². The van der Waals surface area contributed by atoms with Crippen molar-refractivity contribution in [2.24, 2.45) is 5.73 Å². The van der Waals surface area contributed by atoms with Gasteiger partial charge in [0.1, 0.15) is 6.61 Å². The first kappa shape index (κ1) is 17.7. The molecule has 0 saturated heterocycles. The van der Waals surface area contributed by atoms with Crippen LogP contribution in [-0.2, 0) is 18.9 Å². The lowest BCUT2D eigenvalue weighted by Crippen LogP contribution is -2.14. The molecule has 0 radical (unpaired) electrons. The first-order chi connectivity index (χ1) is 10.4. The number of rotatable bonds is 13. The van der Waals surface area contributed by atoms with Crippen LogP contribution >= 0.6 is 0 Å². The molecular weight excluding hydrogens is 270 g/mol. The molecular formula is C16H25NO4. The monoisotopic (exact) mass is 295 g/mol. The fraction of sp³-hybridized carbons (Fsp3) is 0.500. The van der Waals surface area contributed by atoms with E-state index in [2.05, 4.69) is 0 Å². The highest BCUT2D eigenvalue weighted by atomic mass is 16.6. The molecule has 0 fully saturated rings. The van der Waals surface area contributed by atoms with Gasteiger partial charge in [-0.2, -0.15) is 0 Å². The van der Waals surface area contributed by atoms with Crippen LogP contribution in [0.1, 0.15) is 5.56 Å². The van der Waals surface area contributed by atoms with E-state index in [-0.39, 0.29) is 0 Å². The number of ether oxygens (including phenoxy) is 4. The number of hydrogen-bond donors (Lipinski definition) is 1. The third kappa shape index (κ3) is 11.0. The quantitative estimate of drug-likeness (QED) is 0.443. The highest BCUT2D eigenvalue weighted by Crippen LogP contribution is 2.00. The smallest absolute Gasteiger partial charge is 0.111 e. The molecule has 1 rings (SSSR count). The maximum atomic E-state index is 5.37. The van der Waals surface area contributed by atoms with Gasteiger partial charge in [-0.1, -0.05) is 30.3 Å². The van der Waals surface area contributed by atoms with Crippen molar-refractivity contribution in [1.82, 2.24) is 0 Å². The van der Waals surface area contributed by atoms with Crippen molar-refractivity contribution in [3.8, 4) is 0 Å². The summed E-state index contributed by atoms with van der Waals surface area (Å²) in [6.45, 7) is 4.46. The van der Waals surface area contributed by atoms with Crippen molar-refractivity contribution in [2.75, 3.05) is 52.8 Å². The summed E-state index contributed by atoms with van der Waals surface area (Å²) in [6, 6.07) is 10.0. The maximum absolute atomic E-state index is 5.37. The van der Waals surface area contributed by atoms with Crippen molar-refractivity contribution in [2.45, 2.75) is 0 Å². The predicted molar refractivity (Wildman–Crippen MR) is 82.9 cm³/mol. The highest BCUT2D eigenvalue weighted by molar-refractivity contribution is 5.47. The molecule has 1 aromatic carbocycles. The van der Waals surface area contributed by atoms with E-state index in [9.17, 15) is 0 Å². The molecule has 0 aliphatic rings. The fourth-order valence-electron chi connectivity index (χ4n) is 1.49. The second kappa shape index (κ2) is 13.6. The van der Waals surface area contributed by atoms with Crippen molar-refractivity contribution in [3.05, 3.63) is 42.2 Å². The maximum Gasteiger partial charge on any atom is 0.111 e. The zero-order valence-corrected chi connectivity index (χ0v) is 12.4. The summed E-state index contributed by atoms with van der Waals surface area (Å²) >= 11 is 0. The van der Waals surface area contributed by atoms with Crippen LogP contribution in [0.3, 0.4) is 0 Å². The van der Waals surface area contributed by atoms with Crippen LogP contribution < -0.4 is 5.73 Å². The molecule has 0 aliphatic carbocycles. The minimum atomic E-state index is 0.531. The Morgan fingerprint density at radius 1 is 0.762 bits per heavy atom. The minimum Gasteiger partial charge on any atom is -0.499 e. The minimum absolute atomic E-state index is 0.531. The van der Waals surface area contributed by atoms with Crippen molar-refractivity contribution in [3.63, 3.8) is 0 Å². The topological polar surface area (TPSA) is 62.9 Å². The van der Waals surface area contributed by atoms with Crippen molar-refractivity contribution >= 4 is 6.08 Å². The molecule has 0 saturated carbocycles. The Hall–Kier alpha value is -1.40. The zero-order chi connectivity index (χ0) is 15.0. The molecule has 21 heavy (non-hydrogen) atoms. The number of hydrogen-bond acceptors (Lipinski definition) is 5. The SMILES string of the molecule is NCCOCCOCCOCCOC=Cc1ccccc1. The summed E-state index contributed by atoms with van der Waals surface area (Å²) < 4.78 is 21.2. The Morgan fingerprint density at radius 2 is 1.33 bits per heavy atom. The van der Waals surface area contributed by atoms with Crippen LogP contribution in [0.2, 0.25) is 0 Å². The Bertz CT molecular complexity index is 357. The Balaban J connectivity index is 1.82. The molecule has 2 N–H and O–H groups in total. The van der Waals surface area contributed by atoms with Gasteiger partial charge in [0.25, 0.3) is 0 Å². The standard InChI is InChI=1S/C16H25NO4/c17-7-9-19-11-13-21-15-14-20-12-10-18-8-6-16-4-2-1-3-5-16/h1-6,8H,7,9-15,17H2. The van der Waals surface area contributed by atoms with E-state index in [4.69, 9.17) is 24.7 Å². The first-order valence-electron chi connectivity index (χ1n) is 7.20. The van der Waals surface area contributed by atoms with Crippen LogP contribution in [0.25, 0.3) is 6.08 Å². The second-order valence-corrected chi connectivity index (χ2v) is 4.21. The third-order valence-electron chi connectivity index (χ3n) is 2.51. The van der Waals surface area contributed by atoms with Gasteiger partial charge in [-0.15, -0.1) is 0 Å². The van der Waals surface area contributed by atoms with E-state index in [1.807, 2.05) is 36.4 Å². The van der Waals surface area contributed by atoms with Crippen LogP contribution in [0, 0.1) is 0 Å². The van der Waals surface area contributed by atoms with E-state index in [0.717, 1.165) is 5.56 Å². The lowest BCUT2D eigenvalue weighted by Gasteiger charge is -2.06. The van der Waals surface area contributed by atoms with Gasteiger partial charge < -0.3 is 24.7 Å². The molecule has 1 aromatic rings. The number of nitrogens with two attached hydrogens (primary N) is 1. The molecule has 5 nitrogen and oxygen atoms in total. The van der Waals surface area contributed by atoms with E-state index >= 15 is 0 Å². The van der Waals surface area contributed by atoms with Gasteiger partial charge in [0.2, 0.25) is 0 Å². The second-order valence-electron chi connectivity index (χ2n) is 4.21. The molecule has 0 aliphatic heterocycles. The molecule has 0 bridgehead atoms. The Labute approximate surface area is 126 Å². The van der Waals surface area contributed by atoms with E-state index in [0.29, 0.717) is 52.8 Å². The molecule has 0 aromatic heterocycles. The largest absolute Gasteiger partial charge is 0.499 e. The normalized spacial score (nSPS) is 11.1. The third-order valence-corrected chi connectivity index (χ3v) is 2.51. The summed E-state index contributed by atoms with van der Waals surface area (Å²) in [5.41, 5.74) is 6.40. The van der Waals surface area contributed by atoms with Gasteiger partial charge in [-0.25, -0.2) is 0 Å².